The van der Waals surface area contributed by atoms with Crippen molar-refractivity contribution in [3.63, 3.8) is 0 Å². The molecular formula is C22H21FN2O2S. The van der Waals surface area contributed by atoms with E-state index in [1.54, 1.807) is 18.2 Å². The number of rotatable bonds is 8. The highest BCUT2D eigenvalue weighted by Gasteiger charge is 2.16. The Morgan fingerprint density at radius 1 is 0.929 bits per heavy atom. The molecule has 1 aromatic heterocycles. The summed E-state index contributed by atoms with van der Waals surface area (Å²) >= 11 is 1.38. The molecule has 1 atom stereocenters. The number of halogens is 1. The lowest BCUT2D eigenvalue weighted by Crippen LogP contribution is -2.30. The number of benzene rings is 2. The molecule has 0 spiro atoms. The summed E-state index contributed by atoms with van der Waals surface area (Å²) in [4.78, 5) is 25.0. The van der Waals surface area contributed by atoms with E-state index >= 15 is 0 Å². The third-order valence-corrected chi connectivity index (χ3v) is 5.12. The lowest BCUT2D eigenvalue weighted by Gasteiger charge is -2.20. The van der Waals surface area contributed by atoms with E-state index in [0.29, 0.717) is 17.8 Å². The van der Waals surface area contributed by atoms with Gasteiger partial charge in [0.25, 0.3) is 5.91 Å². The number of carbonyl (C=O) groups excluding carboxylic acids is 2. The van der Waals surface area contributed by atoms with E-state index in [1.807, 2.05) is 41.8 Å². The van der Waals surface area contributed by atoms with Gasteiger partial charge in [0.05, 0.1) is 10.9 Å². The molecule has 6 heteroatoms. The van der Waals surface area contributed by atoms with E-state index in [2.05, 4.69) is 10.6 Å². The Kier molecular flexibility index (Phi) is 6.92. The summed E-state index contributed by atoms with van der Waals surface area (Å²) in [7, 11) is 0. The summed E-state index contributed by atoms with van der Waals surface area (Å²) in [6.07, 6.45) is 0.823. The number of amides is 2. The molecule has 2 amide bonds. The summed E-state index contributed by atoms with van der Waals surface area (Å²) < 4.78 is 13.3. The minimum absolute atomic E-state index is 0.121. The molecule has 0 aliphatic carbocycles. The van der Waals surface area contributed by atoms with Crippen molar-refractivity contribution < 1.29 is 14.0 Å². The molecule has 28 heavy (non-hydrogen) atoms. The Balaban J connectivity index is 1.55. The van der Waals surface area contributed by atoms with Crippen molar-refractivity contribution in [3.8, 4) is 0 Å². The van der Waals surface area contributed by atoms with Crippen LogP contribution in [-0.2, 0) is 4.79 Å². The van der Waals surface area contributed by atoms with Gasteiger partial charge in [-0.1, -0.05) is 48.5 Å². The molecule has 144 valence electrons. The van der Waals surface area contributed by atoms with Crippen LogP contribution in [0.3, 0.4) is 0 Å². The quantitative estimate of drug-likeness (QED) is 0.558. The Bertz CT molecular complexity index is 896. The fourth-order valence-corrected chi connectivity index (χ4v) is 3.48. The van der Waals surface area contributed by atoms with E-state index in [1.165, 1.54) is 23.5 Å². The van der Waals surface area contributed by atoms with E-state index in [9.17, 15) is 14.0 Å². The second-order valence-corrected chi connectivity index (χ2v) is 7.25. The predicted octanol–water partition coefficient (Wildman–Crippen LogP) is 4.30. The predicted molar refractivity (Wildman–Crippen MR) is 109 cm³/mol. The standard InChI is InChI=1S/C22H21FN2O2S/c23-18-12-10-17(11-13-18)21(16-6-2-1-3-7-16)25-20(26)9-4-14-24-22(27)19-8-5-15-28-19/h1-3,5-8,10-13,15,21H,4,9,14H2,(H,24,27)(H,25,26). The Labute approximate surface area is 167 Å². The fraction of sp³-hybridized carbons (Fsp3) is 0.182. The van der Waals surface area contributed by atoms with Gasteiger partial charge in [0.15, 0.2) is 0 Å². The number of thiophene rings is 1. The number of carbonyl (C=O) groups is 2. The van der Waals surface area contributed by atoms with Crippen LogP contribution < -0.4 is 10.6 Å². The maximum Gasteiger partial charge on any atom is 0.261 e. The normalized spacial score (nSPS) is 11.6. The molecule has 4 nitrogen and oxygen atoms in total. The van der Waals surface area contributed by atoms with Crippen molar-refractivity contribution in [2.45, 2.75) is 18.9 Å². The van der Waals surface area contributed by atoms with E-state index in [4.69, 9.17) is 0 Å². The summed E-state index contributed by atoms with van der Waals surface area (Å²) in [6, 6.07) is 18.9. The number of nitrogens with one attached hydrogen (secondary N) is 2. The summed E-state index contributed by atoms with van der Waals surface area (Å²) in [6.45, 7) is 0.427. The zero-order valence-corrected chi connectivity index (χ0v) is 16.0. The van der Waals surface area contributed by atoms with Crippen molar-refractivity contribution in [1.82, 2.24) is 10.6 Å². The van der Waals surface area contributed by atoms with Crippen LogP contribution in [0.2, 0.25) is 0 Å². The van der Waals surface area contributed by atoms with Gasteiger partial charge in [-0.2, -0.15) is 0 Å². The van der Waals surface area contributed by atoms with Crippen LogP contribution in [0.1, 0.15) is 39.7 Å². The molecular weight excluding hydrogens is 375 g/mol. The van der Waals surface area contributed by atoms with Gasteiger partial charge in [0, 0.05) is 13.0 Å². The van der Waals surface area contributed by atoms with E-state index in [0.717, 1.165) is 11.1 Å². The molecule has 1 unspecified atom stereocenters. The van der Waals surface area contributed by atoms with E-state index in [-0.39, 0.29) is 30.1 Å². The molecule has 0 radical (unpaired) electrons. The summed E-state index contributed by atoms with van der Waals surface area (Å²) in [5, 5.41) is 7.67. The van der Waals surface area contributed by atoms with Crippen LogP contribution in [-0.4, -0.2) is 18.4 Å². The Morgan fingerprint density at radius 3 is 2.32 bits per heavy atom. The van der Waals surface area contributed by atoms with Crippen molar-refractivity contribution in [1.29, 1.82) is 0 Å². The van der Waals surface area contributed by atoms with Gasteiger partial charge >= 0.3 is 0 Å². The molecule has 0 fully saturated rings. The maximum absolute atomic E-state index is 13.3. The smallest absolute Gasteiger partial charge is 0.261 e. The van der Waals surface area contributed by atoms with Crippen molar-refractivity contribution in [2.75, 3.05) is 6.54 Å². The first-order valence-electron chi connectivity index (χ1n) is 9.05. The third kappa shape index (κ3) is 5.50. The van der Waals surface area contributed by atoms with Crippen molar-refractivity contribution >= 4 is 23.2 Å². The molecule has 0 bridgehead atoms. The van der Waals surface area contributed by atoms with Crippen LogP contribution >= 0.6 is 11.3 Å². The highest BCUT2D eigenvalue weighted by atomic mass is 32.1. The lowest BCUT2D eigenvalue weighted by molar-refractivity contribution is -0.121. The first-order valence-corrected chi connectivity index (χ1v) is 9.93. The average Bonchev–Trinajstić information content (AvgIpc) is 3.26. The fourth-order valence-electron chi connectivity index (χ4n) is 2.84. The molecule has 0 aliphatic heterocycles. The van der Waals surface area contributed by atoms with Gasteiger partial charge in [0.2, 0.25) is 5.91 Å². The number of hydrogen-bond donors (Lipinski definition) is 2. The van der Waals surface area contributed by atoms with Crippen LogP contribution in [0, 0.1) is 5.82 Å². The first-order chi connectivity index (χ1) is 13.6. The van der Waals surface area contributed by atoms with Gasteiger partial charge in [-0.15, -0.1) is 11.3 Å². The third-order valence-electron chi connectivity index (χ3n) is 4.25. The first kappa shape index (κ1) is 19.8. The molecule has 2 N–H and O–H groups in total. The average molecular weight is 396 g/mol. The van der Waals surface area contributed by atoms with Gasteiger partial charge in [-0.25, -0.2) is 4.39 Å². The van der Waals surface area contributed by atoms with E-state index < -0.39 is 0 Å². The Morgan fingerprint density at radius 2 is 1.64 bits per heavy atom. The van der Waals surface area contributed by atoms with Gasteiger partial charge < -0.3 is 10.6 Å². The van der Waals surface area contributed by atoms with Crippen LogP contribution in [0.15, 0.2) is 72.1 Å². The monoisotopic (exact) mass is 396 g/mol. The SMILES string of the molecule is O=C(CCCNC(=O)c1cccs1)NC(c1ccccc1)c1ccc(F)cc1. The second kappa shape index (κ2) is 9.80. The van der Waals surface area contributed by atoms with Crippen LogP contribution in [0.5, 0.6) is 0 Å². The largest absolute Gasteiger partial charge is 0.351 e. The second-order valence-electron chi connectivity index (χ2n) is 6.30. The minimum Gasteiger partial charge on any atom is -0.351 e. The summed E-state index contributed by atoms with van der Waals surface area (Å²) in [5.41, 5.74) is 1.74. The Hall–Kier alpha value is -2.99. The maximum atomic E-state index is 13.3. The molecule has 2 aromatic carbocycles. The van der Waals surface area contributed by atoms with Crippen LogP contribution in [0.25, 0.3) is 0 Å². The molecule has 3 aromatic rings. The summed E-state index contributed by atoms with van der Waals surface area (Å²) in [5.74, 6) is -0.559. The molecule has 0 saturated carbocycles. The van der Waals surface area contributed by atoms with Gasteiger partial charge in [0.1, 0.15) is 5.82 Å². The zero-order valence-electron chi connectivity index (χ0n) is 15.2. The van der Waals surface area contributed by atoms with Crippen molar-refractivity contribution in [2.24, 2.45) is 0 Å². The van der Waals surface area contributed by atoms with Crippen LogP contribution in [0.4, 0.5) is 4.39 Å². The molecule has 0 saturated heterocycles. The minimum atomic E-state index is -0.352. The van der Waals surface area contributed by atoms with Crippen molar-refractivity contribution in [3.05, 3.63) is 93.9 Å². The van der Waals surface area contributed by atoms with Gasteiger partial charge in [-0.05, 0) is 41.1 Å². The molecule has 0 aliphatic rings. The highest BCUT2D eigenvalue weighted by molar-refractivity contribution is 7.12. The zero-order chi connectivity index (χ0) is 19.8. The van der Waals surface area contributed by atoms with Gasteiger partial charge in [-0.3, -0.25) is 9.59 Å². The number of hydrogen-bond acceptors (Lipinski definition) is 3. The topological polar surface area (TPSA) is 58.2 Å². The molecule has 3 rings (SSSR count). The highest BCUT2D eigenvalue weighted by Crippen LogP contribution is 2.22. The molecule has 1 heterocycles. The lowest BCUT2D eigenvalue weighted by atomic mass is 9.98.